The van der Waals surface area contributed by atoms with Crippen LogP contribution >= 0.6 is 0 Å². The van der Waals surface area contributed by atoms with Crippen molar-refractivity contribution in [3.63, 3.8) is 0 Å². The van der Waals surface area contributed by atoms with Crippen molar-refractivity contribution in [3.8, 4) is 0 Å². The summed E-state index contributed by atoms with van der Waals surface area (Å²) in [5.74, 6) is 1.65. The highest BCUT2D eigenvalue weighted by atomic mass is 16.6. The molecule has 5 saturated carbocycles. The number of esters is 1. The Labute approximate surface area is 205 Å². The van der Waals surface area contributed by atoms with Gasteiger partial charge in [-0.25, -0.2) is 0 Å². The van der Waals surface area contributed by atoms with Crippen molar-refractivity contribution >= 4 is 11.8 Å². The predicted octanol–water partition coefficient (Wildman–Crippen LogP) is 6.10. The van der Waals surface area contributed by atoms with Gasteiger partial charge in [0.05, 0.1) is 11.5 Å². The fourth-order valence-electron chi connectivity index (χ4n) is 12.0. The Morgan fingerprint density at radius 2 is 1.53 bits per heavy atom. The monoisotopic (exact) mass is 468 g/mol. The molecule has 2 bridgehead atoms. The number of hydrogen-bond donors (Lipinski definition) is 0. The summed E-state index contributed by atoms with van der Waals surface area (Å²) in [6.07, 6.45) is 9.31. The molecular formula is C30H44O4. The van der Waals surface area contributed by atoms with Gasteiger partial charge in [-0.2, -0.15) is 0 Å². The van der Waals surface area contributed by atoms with E-state index in [1.807, 2.05) is 0 Å². The van der Waals surface area contributed by atoms with E-state index in [4.69, 9.17) is 9.47 Å². The number of carbonyl (C=O) groups is 2. The zero-order valence-corrected chi connectivity index (χ0v) is 22.4. The number of carbonyl (C=O) groups excluding carboxylic acids is 2. The number of hydrogen-bond acceptors (Lipinski definition) is 4. The van der Waals surface area contributed by atoms with E-state index in [0.29, 0.717) is 24.0 Å². The van der Waals surface area contributed by atoms with Crippen LogP contribution in [0.25, 0.3) is 0 Å². The highest BCUT2D eigenvalue weighted by Crippen LogP contribution is 2.83. The lowest BCUT2D eigenvalue weighted by Gasteiger charge is -2.72. The first-order chi connectivity index (χ1) is 15.7. The summed E-state index contributed by atoms with van der Waals surface area (Å²) in [6, 6.07) is 0. The maximum atomic E-state index is 13.7. The van der Waals surface area contributed by atoms with Crippen molar-refractivity contribution in [2.75, 3.05) is 0 Å². The smallest absolute Gasteiger partial charge is 0.313 e. The highest BCUT2D eigenvalue weighted by molar-refractivity contribution is 5.85. The largest absolute Gasteiger partial charge is 0.455 e. The van der Waals surface area contributed by atoms with Gasteiger partial charge >= 0.3 is 5.97 Å². The molecule has 0 aromatic carbocycles. The summed E-state index contributed by atoms with van der Waals surface area (Å²) in [5, 5.41) is 0. The van der Waals surface area contributed by atoms with Gasteiger partial charge in [0.15, 0.2) is 5.60 Å². The van der Waals surface area contributed by atoms with Gasteiger partial charge in [0.1, 0.15) is 11.9 Å². The maximum absolute atomic E-state index is 13.7. The Kier molecular flexibility index (Phi) is 3.81. The van der Waals surface area contributed by atoms with Crippen molar-refractivity contribution < 1.29 is 19.1 Å². The zero-order chi connectivity index (χ0) is 24.3. The minimum Gasteiger partial charge on any atom is -0.455 e. The van der Waals surface area contributed by atoms with Crippen molar-refractivity contribution in [2.24, 2.45) is 50.2 Å². The molecule has 2 heterocycles. The zero-order valence-electron chi connectivity index (χ0n) is 22.4. The topological polar surface area (TPSA) is 55.9 Å². The number of ketones is 1. The van der Waals surface area contributed by atoms with Crippen LogP contribution < -0.4 is 0 Å². The molecule has 10 atom stereocenters. The number of Topliss-reactive ketones (excluding diaryl/α,β-unsaturated/α-hetero) is 1. The Morgan fingerprint density at radius 3 is 2.26 bits per heavy atom. The standard InChI is InChI=1S/C30H44O4/c1-24(2)12-14-29-15-13-28(7)27(6)11-8-17-25(3,4)19(31)9-10-26(17,5)21(27)20-22(33-20)30(28,18(29)16-24)34-23(29)32/h17-18,20-22H,8-16H2,1-7H3/t17-,18+,20-,21-,22-,26+,27-,28+,29+,30-/m1/s1. The lowest BCUT2D eigenvalue weighted by molar-refractivity contribution is -0.266. The van der Waals surface area contributed by atoms with Crippen molar-refractivity contribution in [2.45, 2.75) is 124 Å². The Bertz CT molecular complexity index is 1010. The van der Waals surface area contributed by atoms with E-state index in [0.717, 1.165) is 51.4 Å². The van der Waals surface area contributed by atoms with Gasteiger partial charge in [0.25, 0.3) is 0 Å². The lowest BCUT2D eigenvalue weighted by Crippen LogP contribution is -2.74. The lowest BCUT2D eigenvalue weighted by atomic mass is 9.31. The fourth-order valence-corrected chi connectivity index (χ4v) is 12.0. The summed E-state index contributed by atoms with van der Waals surface area (Å²) in [7, 11) is 0. The maximum Gasteiger partial charge on any atom is 0.313 e. The van der Waals surface area contributed by atoms with Crippen LogP contribution in [0.5, 0.6) is 0 Å². The molecule has 4 nitrogen and oxygen atoms in total. The molecule has 7 rings (SSSR count). The van der Waals surface area contributed by atoms with Crippen LogP contribution in [0.1, 0.15) is 106 Å². The van der Waals surface area contributed by atoms with Crippen LogP contribution in [0.3, 0.4) is 0 Å². The normalized spacial score (nSPS) is 60.1. The molecule has 2 saturated heterocycles. The Balaban J connectivity index is 1.39. The molecule has 0 unspecified atom stereocenters. The second-order valence-corrected chi connectivity index (χ2v) is 15.8. The van der Waals surface area contributed by atoms with Gasteiger partial charge < -0.3 is 9.47 Å². The van der Waals surface area contributed by atoms with Crippen molar-refractivity contribution in [1.29, 1.82) is 0 Å². The molecule has 0 aromatic heterocycles. The van der Waals surface area contributed by atoms with Crippen LogP contribution in [0.15, 0.2) is 0 Å². The SMILES string of the molecule is CC1(C)CC[C@@]23CC[C@]4(C)[C@](OC2=O)([C@@H]2O[C@@H]2[C@@H]2[C@@]5(C)CCC(=O)C(C)(C)[C@H]5CC[C@]24C)[C@H]3C1. The van der Waals surface area contributed by atoms with E-state index in [1.165, 1.54) is 0 Å². The number of rotatable bonds is 0. The molecule has 0 N–H and O–H groups in total. The third-order valence-corrected chi connectivity index (χ3v) is 14.0. The molecule has 0 radical (unpaired) electrons. The molecular weight excluding hydrogens is 424 g/mol. The Morgan fingerprint density at radius 1 is 0.824 bits per heavy atom. The number of ether oxygens (including phenoxy) is 2. The van der Waals surface area contributed by atoms with Crippen LogP contribution in [-0.2, 0) is 19.1 Å². The van der Waals surface area contributed by atoms with Gasteiger partial charge in [-0.05, 0) is 79.4 Å². The Hall–Kier alpha value is -0.900. The van der Waals surface area contributed by atoms with Gasteiger partial charge in [-0.3, -0.25) is 9.59 Å². The second-order valence-electron chi connectivity index (χ2n) is 15.8. The summed E-state index contributed by atoms with van der Waals surface area (Å²) < 4.78 is 13.6. The molecule has 5 aliphatic carbocycles. The molecule has 1 spiro atoms. The quantitative estimate of drug-likeness (QED) is 0.318. The third kappa shape index (κ3) is 2.05. The van der Waals surface area contributed by atoms with Crippen molar-refractivity contribution in [3.05, 3.63) is 0 Å². The summed E-state index contributed by atoms with van der Waals surface area (Å²) >= 11 is 0. The number of fused-ring (bicyclic) bond motifs is 6. The first kappa shape index (κ1) is 22.3. The van der Waals surface area contributed by atoms with Crippen LogP contribution in [0, 0.1) is 50.2 Å². The molecule has 0 amide bonds. The molecule has 0 aromatic rings. The van der Waals surface area contributed by atoms with Gasteiger partial charge in [0, 0.05) is 23.2 Å². The molecule has 34 heavy (non-hydrogen) atoms. The minimum absolute atomic E-state index is 0.0388. The average molecular weight is 469 g/mol. The van der Waals surface area contributed by atoms with E-state index >= 15 is 0 Å². The highest BCUT2D eigenvalue weighted by Gasteiger charge is 2.89. The van der Waals surface area contributed by atoms with Crippen LogP contribution in [-0.4, -0.2) is 29.6 Å². The molecule has 2 aliphatic heterocycles. The van der Waals surface area contributed by atoms with Gasteiger partial charge in [-0.1, -0.05) is 48.5 Å². The van der Waals surface area contributed by atoms with E-state index in [1.54, 1.807) is 0 Å². The molecule has 7 fully saturated rings. The second kappa shape index (κ2) is 5.81. The fraction of sp³-hybridized carbons (Fsp3) is 0.933. The molecule has 7 aliphatic rings. The van der Waals surface area contributed by atoms with Crippen LogP contribution in [0.2, 0.25) is 0 Å². The van der Waals surface area contributed by atoms with Crippen LogP contribution in [0.4, 0.5) is 0 Å². The minimum atomic E-state index is -0.473. The third-order valence-electron chi connectivity index (χ3n) is 14.0. The van der Waals surface area contributed by atoms with E-state index in [-0.39, 0.29) is 56.6 Å². The summed E-state index contributed by atoms with van der Waals surface area (Å²) in [6.45, 7) is 16.7. The number of epoxide rings is 1. The molecule has 188 valence electrons. The van der Waals surface area contributed by atoms with E-state index in [9.17, 15) is 9.59 Å². The van der Waals surface area contributed by atoms with E-state index < -0.39 is 5.60 Å². The summed E-state index contributed by atoms with van der Waals surface area (Å²) in [4.78, 5) is 26.7. The van der Waals surface area contributed by atoms with E-state index in [2.05, 4.69) is 48.5 Å². The van der Waals surface area contributed by atoms with Gasteiger partial charge in [-0.15, -0.1) is 0 Å². The first-order valence-electron chi connectivity index (χ1n) is 14.1. The summed E-state index contributed by atoms with van der Waals surface area (Å²) in [5.41, 5.74) is -0.720. The molecule has 4 heteroatoms. The van der Waals surface area contributed by atoms with Crippen molar-refractivity contribution in [1.82, 2.24) is 0 Å². The average Bonchev–Trinajstić information content (AvgIpc) is 3.49. The predicted molar refractivity (Wildman–Crippen MR) is 129 cm³/mol. The first-order valence-corrected chi connectivity index (χ1v) is 14.1. The van der Waals surface area contributed by atoms with Gasteiger partial charge in [0.2, 0.25) is 0 Å².